The summed E-state index contributed by atoms with van der Waals surface area (Å²) in [6, 6.07) is 4.66. The van der Waals surface area contributed by atoms with Crippen molar-refractivity contribution in [2.75, 3.05) is 5.75 Å². The van der Waals surface area contributed by atoms with E-state index in [-0.39, 0.29) is 5.82 Å². The molecule has 0 saturated carbocycles. The molecule has 2 rings (SSSR count). The molecule has 0 aliphatic carbocycles. The maximum atomic E-state index is 12.9. The molecule has 0 spiro atoms. The van der Waals surface area contributed by atoms with Crippen molar-refractivity contribution in [2.24, 2.45) is 7.05 Å². The largest absolute Gasteiger partial charge is 0.331 e. The molecular weight excluding hydrogens is 199 g/mol. The maximum Gasteiger partial charge on any atom is 0.125 e. The van der Waals surface area contributed by atoms with Gasteiger partial charge in [0.25, 0.3) is 0 Å². The van der Waals surface area contributed by atoms with Crippen molar-refractivity contribution in [3.05, 3.63) is 29.8 Å². The van der Waals surface area contributed by atoms with Crippen LogP contribution >= 0.6 is 12.6 Å². The Kier molecular flexibility index (Phi) is 2.46. The average Bonchev–Trinajstić information content (AvgIpc) is 2.44. The number of thiol groups is 1. The van der Waals surface area contributed by atoms with Crippen LogP contribution in [-0.4, -0.2) is 15.3 Å². The molecule has 0 saturated heterocycles. The minimum atomic E-state index is -0.243. The number of hydrogen-bond acceptors (Lipinski definition) is 2. The van der Waals surface area contributed by atoms with E-state index in [2.05, 4.69) is 17.6 Å². The first-order valence-corrected chi connectivity index (χ1v) is 5.07. The molecule has 0 aliphatic heterocycles. The highest BCUT2D eigenvalue weighted by Gasteiger charge is 2.06. The van der Waals surface area contributed by atoms with E-state index in [1.807, 2.05) is 11.6 Å². The number of halogens is 1. The zero-order valence-electron chi connectivity index (χ0n) is 7.87. The molecule has 0 atom stereocenters. The normalized spacial score (nSPS) is 11.1. The summed E-state index contributed by atoms with van der Waals surface area (Å²) < 4.78 is 14.9. The number of aryl methyl sites for hydroxylation is 2. The second kappa shape index (κ2) is 3.61. The van der Waals surface area contributed by atoms with Crippen LogP contribution in [-0.2, 0) is 13.5 Å². The van der Waals surface area contributed by atoms with Crippen LogP contribution in [0.15, 0.2) is 18.2 Å². The summed E-state index contributed by atoms with van der Waals surface area (Å²) in [5.41, 5.74) is 1.67. The molecule has 0 N–H and O–H groups in total. The predicted octanol–water partition coefficient (Wildman–Crippen LogP) is 2.18. The zero-order chi connectivity index (χ0) is 10.1. The number of hydrogen-bond donors (Lipinski definition) is 1. The van der Waals surface area contributed by atoms with Gasteiger partial charge in [-0.15, -0.1) is 0 Å². The van der Waals surface area contributed by atoms with Gasteiger partial charge in [-0.2, -0.15) is 12.6 Å². The third-order valence-corrected chi connectivity index (χ3v) is 2.49. The van der Waals surface area contributed by atoms with E-state index in [0.29, 0.717) is 5.52 Å². The monoisotopic (exact) mass is 210 g/mol. The van der Waals surface area contributed by atoms with Crippen LogP contribution in [0.3, 0.4) is 0 Å². The van der Waals surface area contributed by atoms with Crippen LogP contribution in [0.25, 0.3) is 11.0 Å². The Morgan fingerprint density at radius 3 is 3.00 bits per heavy atom. The number of fused-ring (bicyclic) bond motifs is 1. The number of imidazole rings is 1. The van der Waals surface area contributed by atoms with Crippen LogP contribution in [0, 0.1) is 5.82 Å². The van der Waals surface area contributed by atoms with E-state index in [1.54, 1.807) is 6.07 Å². The summed E-state index contributed by atoms with van der Waals surface area (Å²) in [7, 11) is 1.94. The highest BCUT2D eigenvalue weighted by Crippen LogP contribution is 2.16. The average molecular weight is 210 g/mol. The summed E-state index contributed by atoms with van der Waals surface area (Å²) in [4.78, 5) is 4.34. The zero-order valence-corrected chi connectivity index (χ0v) is 8.76. The third-order valence-electron chi connectivity index (χ3n) is 2.27. The Labute approximate surface area is 87.2 Å². The van der Waals surface area contributed by atoms with Crippen molar-refractivity contribution in [2.45, 2.75) is 6.42 Å². The van der Waals surface area contributed by atoms with Crippen molar-refractivity contribution in [1.82, 2.24) is 9.55 Å². The molecule has 0 fully saturated rings. The van der Waals surface area contributed by atoms with Crippen molar-refractivity contribution in [3.63, 3.8) is 0 Å². The first-order valence-electron chi connectivity index (χ1n) is 4.44. The molecule has 1 aromatic heterocycles. The maximum absolute atomic E-state index is 12.9. The lowest BCUT2D eigenvalue weighted by Crippen LogP contribution is -1.98. The molecular formula is C10H11FN2S. The SMILES string of the molecule is Cn1c(CCS)nc2cc(F)ccc21. The van der Waals surface area contributed by atoms with Gasteiger partial charge in [0.05, 0.1) is 11.0 Å². The van der Waals surface area contributed by atoms with Gasteiger partial charge in [-0.05, 0) is 17.9 Å². The smallest absolute Gasteiger partial charge is 0.125 e. The summed E-state index contributed by atoms with van der Waals surface area (Å²) in [5.74, 6) is 1.45. The van der Waals surface area contributed by atoms with Crippen molar-refractivity contribution in [1.29, 1.82) is 0 Å². The Balaban J connectivity index is 2.61. The molecule has 0 amide bonds. The van der Waals surface area contributed by atoms with E-state index >= 15 is 0 Å². The fraction of sp³-hybridized carbons (Fsp3) is 0.300. The van der Waals surface area contributed by atoms with E-state index in [0.717, 1.165) is 23.5 Å². The number of rotatable bonds is 2. The number of aromatic nitrogens is 2. The van der Waals surface area contributed by atoms with E-state index in [4.69, 9.17) is 0 Å². The topological polar surface area (TPSA) is 17.8 Å². The van der Waals surface area contributed by atoms with Crippen LogP contribution in [0.4, 0.5) is 4.39 Å². The highest BCUT2D eigenvalue weighted by atomic mass is 32.1. The lowest BCUT2D eigenvalue weighted by Gasteiger charge is -1.98. The van der Waals surface area contributed by atoms with Gasteiger partial charge < -0.3 is 4.57 Å². The van der Waals surface area contributed by atoms with Gasteiger partial charge in [0.2, 0.25) is 0 Å². The summed E-state index contributed by atoms with van der Waals surface area (Å²) in [6.07, 6.45) is 0.801. The molecule has 1 heterocycles. The molecule has 2 aromatic rings. The Morgan fingerprint density at radius 2 is 2.29 bits per heavy atom. The second-order valence-corrected chi connectivity index (χ2v) is 3.64. The highest BCUT2D eigenvalue weighted by molar-refractivity contribution is 7.80. The first kappa shape index (κ1) is 9.52. The predicted molar refractivity (Wildman–Crippen MR) is 58.2 cm³/mol. The second-order valence-electron chi connectivity index (χ2n) is 3.19. The van der Waals surface area contributed by atoms with E-state index in [9.17, 15) is 4.39 Å². The van der Waals surface area contributed by atoms with Crippen LogP contribution in [0.5, 0.6) is 0 Å². The Bertz CT molecular complexity index is 464. The molecule has 0 radical (unpaired) electrons. The van der Waals surface area contributed by atoms with Crippen molar-refractivity contribution >= 4 is 23.7 Å². The van der Waals surface area contributed by atoms with Gasteiger partial charge in [0.15, 0.2) is 0 Å². The molecule has 14 heavy (non-hydrogen) atoms. The summed E-state index contributed by atoms with van der Waals surface area (Å²) in [6.45, 7) is 0. The lowest BCUT2D eigenvalue weighted by atomic mass is 10.3. The fourth-order valence-corrected chi connectivity index (χ4v) is 1.75. The quantitative estimate of drug-likeness (QED) is 0.752. The minimum Gasteiger partial charge on any atom is -0.331 e. The molecule has 1 aromatic carbocycles. The van der Waals surface area contributed by atoms with E-state index in [1.165, 1.54) is 12.1 Å². The number of benzene rings is 1. The van der Waals surface area contributed by atoms with Gasteiger partial charge in [-0.25, -0.2) is 9.37 Å². The molecule has 4 heteroatoms. The van der Waals surface area contributed by atoms with Gasteiger partial charge >= 0.3 is 0 Å². The van der Waals surface area contributed by atoms with Crippen molar-refractivity contribution < 1.29 is 4.39 Å². The minimum absolute atomic E-state index is 0.243. The molecule has 74 valence electrons. The molecule has 2 nitrogen and oxygen atoms in total. The van der Waals surface area contributed by atoms with Gasteiger partial charge in [0, 0.05) is 19.5 Å². The molecule has 0 aliphatic rings. The Morgan fingerprint density at radius 1 is 1.50 bits per heavy atom. The third kappa shape index (κ3) is 1.50. The first-order chi connectivity index (χ1) is 6.72. The summed E-state index contributed by atoms with van der Waals surface area (Å²) >= 11 is 4.15. The van der Waals surface area contributed by atoms with Crippen LogP contribution in [0.1, 0.15) is 5.82 Å². The van der Waals surface area contributed by atoms with Crippen LogP contribution < -0.4 is 0 Å². The van der Waals surface area contributed by atoms with E-state index < -0.39 is 0 Å². The van der Waals surface area contributed by atoms with Crippen molar-refractivity contribution in [3.8, 4) is 0 Å². The fourth-order valence-electron chi connectivity index (χ4n) is 1.55. The molecule has 0 bridgehead atoms. The van der Waals surface area contributed by atoms with Gasteiger partial charge in [0.1, 0.15) is 11.6 Å². The summed E-state index contributed by atoms with van der Waals surface area (Å²) in [5, 5.41) is 0. The lowest BCUT2D eigenvalue weighted by molar-refractivity contribution is 0.629. The molecule has 0 unspecified atom stereocenters. The van der Waals surface area contributed by atoms with Gasteiger partial charge in [-0.1, -0.05) is 0 Å². The standard InChI is InChI=1S/C10H11FN2S/c1-13-9-3-2-7(11)6-8(9)12-10(13)4-5-14/h2-3,6,14H,4-5H2,1H3. The number of nitrogens with zero attached hydrogens (tertiary/aromatic N) is 2. The Hall–Kier alpha value is -1.03. The van der Waals surface area contributed by atoms with Gasteiger partial charge in [-0.3, -0.25) is 0 Å². The van der Waals surface area contributed by atoms with Crippen LogP contribution in [0.2, 0.25) is 0 Å².